The van der Waals surface area contributed by atoms with E-state index in [2.05, 4.69) is 21.9 Å². The van der Waals surface area contributed by atoms with Crippen molar-refractivity contribution in [2.45, 2.75) is 39.2 Å². The Labute approximate surface area is 109 Å². The Hall–Kier alpha value is -1.52. The van der Waals surface area contributed by atoms with Crippen molar-refractivity contribution in [3.8, 4) is 0 Å². The monoisotopic (exact) mass is 249 g/mol. The fourth-order valence-corrected chi connectivity index (χ4v) is 2.40. The molecule has 0 saturated carbocycles. The number of rotatable bonds is 3. The first-order valence-electron chi connectivity index (χ1n) is 6.77. The van der Waals surface area contributed by atoms with Crippen molar-refractivity contribution in [2.24, 2.45) is 17.8 Å². The molecule has 0 unspecified atom stereocenters. The molecule has 1 aliphatic heterocycles. The lowest BCUT2D eigenvalue weighted by Crippen LogP contribution is -2.40. The average Bonchev–Trinajstić information content (AvgIpc) is 2.77. The lowest BCUT2D eigenvalue weighted by molar-refractivity contribution is 0.338. The number of aliphatic imine (C=N–C) groups is 1. The first kappa shape index (κ1) is 12.9. The standard InChI is InChI=1S/C13H23N5/c1-3-12-11(10-17(2)16-12)9-15-13(14)18-7-5-4-6-8-18/h10H,3-9H2,1-2H3,(H2,14,15). The molecule has 2 N–H and O–H groups in total. The van der Waals surface area contributed by atoms with E-state index >= 15 is 0 Å². The maximum absolute atomic E-state index is 6.04. The molecule has 0 atom stereocenters. The Kier molecular flexibility index (Phi) is 4.23. The highest BCUT2D eigenvalue weighted by Gasteiger charge is 2.12. The van der Waals surface area contributed by atoms with Crippen molar-refractivity contribution in [3.05, 3.63) is 17.5 Å². The third-order valence-corrected chi connectivity index (χ3v) is 3.42. The van der Waals surface area contributed by atoms with Gasteiger partial charge >= 0.3 is 0 Å². The number of guanidine groups is 1. The summed E-state index contributed by atoms with van der Waals surface area (Å²) in [5.41, 5.74) is 8.34. The highest BCUT2D eigenvalue weighted by Crippen LogP contribution is 2.11. The van der Waals surface area contributed by atoms with Crippen LogP contribution in [-0.2, 0) is 20.0 Å². The summed E-state index contributed by atoms with van der Waals surface area (Å²) in [6.07, 6.45) is 6.74. The summed E-state index contributed by atoms with van der Waals surface area (Å²) in [7, 11) is 1.94. The van der Waals surface area contributed by atoms with Gasteiger partial charge in [0.25, 0.3) is 0 Å². The molecule has 1 saturated heterocycles. The minimum atomic E-state index is 0.638. The molecule has 1 fully saturated rings. The Morgan fingerprint density at radius 1 is 1.39 bits per heavy atom. The molecule has 0 amide bonds. The van der Waals surface area contributed by atoms with E-state index in [1.165, 1.54) is 24.8 Å². The topological polar surface area (TPSA) is 59.4 Å². The van der Waals surface area contributed by atoms with E-state index in [-0.39, 0.29) is 0 Å². The lowest BCUT2D eigenvalue weighted by atomic mass is 10.1. The second-order valence-electron chi connectivity index (χ2n) is 4.85. The average molecular weight is 249 g/mol. The number of hydrogen-bond donors (Lipinski definition) is 1. The predicted molar refractivity (Wildman–Crippen MR) is 73.3 cm³/mol. The van der Waals surface area contributed by atoms with Crippen molar-refractivity contribution < 1.29 is 0 Å². The van der Waals surface area contributed by atoms with Crippen LogP contribution in [0.1, 0.15) is 37.4 Å². The zero-order chi connectivity index (χ0) is 13.0. The molecule has 0 radical (unpaired) electrons. The van der Waals surface area contributed by atoms with Crippen LogP contribution in [0.4, 0.5) is 0 Å². The van der Waals surface area contributed by atoms with Gasteiger partial charge in [0.1, 0.15) is 0 Å². The van der Waals surface area contributed by atoms with E-state index in [0.717, 1.165) is 25.2 Å². The summed E-state index contributed by atoms with van der Waals surface area (Å²) >= 11 is 0. The number of nitrogens with zero attached hydrogens (tertiary/aromatic N) is 4. The molecule has 2 heterocycles. The molecule has 0 spiro atoms. The van der Waals surface area contributed by atoms with Gasteiger partial charge in [0.2, 0.25) is 0 Å². The molecule has 5 nitrogen and oxygen atoms in total. The molecule has 0 aromatic carbocycles. The number of aryl methyl sites for hydroxylation is 2. The number of piperidine rings is 1. The second-order valence-corrected chi connectivity index (χ2v) is 4.85. The van der Waals surface area contributed by atoms with E-state index in [4.69, 9.17) is 5.73 Å². The van der Waals surface area contributed by atoms with Gasteiger partial charge in [0.15, 0.2) is 5.96 Å². The summed E-state index contributed by atoms with van der Waals surface area (Å²) in [4.78, 5) is 6.69. The van der Waals surface area contributed by atoms with Crippen molar-refractivity contribution in [1.82, 2.24) is 14.7 Å². The number of hydrogen-bond acceptors (Lipinski definition) is 2. The molecule has 1 aliphatic rings. The number of likely N-dealkylation sites (tertiary alicyclic amines) is 1. The highest BCUT2D eigenvalue weighted by molar-refractivity contribution is 5.78. The lowest BCUT2D eigenvalue weighted by Gasteiger charge is -2.27. The van der Waals surface area contributed by atoms with Gasteiger partial charge in [-0.1, -0.05) is 6.92 Å². The van der Waals surface area contributed by atoms with E-state index in [1.807, 2.05) is 17.9 Å². The van der Waals surface area contributed by atoms with Gasteiger partial charge in [-0.15, -0.1) is 0 Å². The fraction of sp³-hybridized carbons (Fsp3) is 0.692. The van der Waals surface area contributed by atoms with Gasteiger partial charge < -0.3 is 10.6 Å². The molecule has 1 aromatic heterocycles. The molecule has 2 rings (SSSR count). The highest BCUT2D eigenvalue weighted by atomic mass is 15.3. The molecule has 18 heavy (non-hydrogen) atoms. The van der Waals surface area contributed by atoms with Crippen molar-refractivity contribution in [1.29, 1.82) is 0 Å². The first-order chi connectivity index (χ1) is 8.70. The molecule has 0 aliphatic carbocycles. The van der Waals surface area contributed by atoms with Crippen LogP contribution >= 0.6 is 0 Å². The normalized spacial score (nSPS) is 17.2. The van der Waals surface area contributed by atoms with Gasteiger partial charge in [0.05, 0.1) is 12.2 Å². The van der Waals surface area contributed by atoms with Crippen molar-refractivity contribution in [3.63, 3.8) is 0 Å². The van der Waals surface area contributed by atoms with E-state index in [0.29, 0.717) is 12.5 Å². The summed E-state index contributed by atoms with van der Waals surface area (Å²) in [6, 6.07) is 0. The van der Waals surface area contributed by atoms with Gasteiger partial charge in [-0.2, -0.15) is 5.10 Å². The van der Waals surface area contributed by atoms with Crippen molar-refractivity contribution >= 4 is 5.96 Å². The molecule has 100 valence electrons. The van der Waals surface area contributed by atoms with Crippen LogP contribution in [0.25, 0.3) is 0 Å². The van der Waals surface area contributed by atoms with Gasteiger partial charge in [-0.05, 0) is 25.7 Å². The van der Waals surface area contributed by atoms with E-state index in [9.17, 15) is 0 Å². The fourth-order valence-electron chi connectivity index (χ4n) is 2.40. The summed E-state index contributed by atoms with van der Waals surface area (Å²) in [5, 5.41) is 4.41. The quantitative estimate of drug-likeness (QED) is 0.648. The van der Waals surface area contributed by atoms with E-state index < -0.39 is 0 Å². The third-order valence-electron chi connectivity index (χ3n) is 3.42. The predicted octanol–water partition coefficient (Wildman–Crippen LogP) is 1.28. The maximum Gasteiger partial charge on any atom is 0.191 e. The zero-order valence-electron chi connectivity index (χ0n) is 11.4. The molecular formula is C13H23N5. The largest absolute Gasteiger partial charge is 0.370 e. The third kappa shape index (κ3) is 3.03. The van der Waals surface area contributed by atoms with Crippen LogP contribution in [-0.4, -0.2) is 33.7 Å². The van der Waals surface area contributed by atoms with Crippen LogP contribution < -0.4 is 5.73 Å². The summed E-state index contributed by atoms with van der Waals surface area (Å²) in [6.45, 7) is 4.84. The van der Waals surface area contributed by atoms with Crippen LogP contribution in [0.15, 0.2) is 11.2 Å². The molecule has 0 bridgehead atoms. The number of nitrogens with two attached hydrogens (primary N) is 1. The zero-order valence-corrected chi connectivity index (χ0v) is 11.4. The second kappa shape index (κ2) is 5.89. The Morgan fingerprint density at radius 3 is 2.78 bits per heavy atom. The van der Waals surface area contributed by atoms with Gasteiger partial charge in [-0.3, -0.25) is 4.68 Å². The smallest absolute Gasteiger partial charge is 0.191 e. The SMILES string of the molecule is CCc1nn(C)cc1CN=C(N)N1CCCCC1. The summed E-state index contributed by atoms with van der Waals surface area (Å²) in [5.74, 6) is 0.681. The summed E-state index contributed by atoms with van der Waals surface area (Å²) < 4.78 is 1.85. The molecule has 5 heteroatoms. The van der Waals surface area contributed by atoms with Crippen LogP contribution in [0.5, 0.6) is 0 Å². The maximum atomic E-state index is 6.04. The molecule has 1 aromatic rings. The van der Waals surface area contributed by atoms with Crippen LogP contribution in [0.2, 0.25) is 0 Å². The minimum absolute atomic E-state index is 0.638. The number of aromatic nitrogens is 2. The first-order valence-corrected chi connectivity index (χ1v) is 6.77. The van der Waals surface area contributed by atoms with Gasteiger partial charge in [0, 0.05) is 31.9 Å². The van der Waals surface area contributed by atoms with Crippen LogP contribution in [0, 0.1) is 0 Å². The molecular weight excluding hydrogens is 226 g/mol. The van der Waals surface area contributed by atoms with Crippen LogP contribution in [0.3, 0.4) is 0 Å². The van der Waals surface area contributed by atoms with Crippen molar-refractivity contribution in [2.75, 3.05) is 13.1 Å². The van der Waals surface area contributed by atoms with E-state index in [1.54, 1.807) is 0 Å². The Balaban J connectivity index is 2.00. The van der Waals surface area contributed by atoms with Gasteiger partial charge in [-0.25, -0.2) is 4.99 Å². The minimum Gasteiger partial charge on any atom is -0.370 e. The Morgan fingerprint density at radius 2 is 2.11 bits per heavy atom. The Bertz CT molecular complexity index is 415.